The Kier molecular flexibility index (Phi) is 4.65. The molecule has 1 aromatic heterocycles. The van der Waals surface area contributed by atoms with E-state index in [0.717, 1.165) is 5.56 Å². The molecule has 4 nitrogen and oxygen atoms in total. The SMILES string of the molecule is O=C(Cn1ccccc1=O)NCCc1cccc(F)c1. The maximum Gasteiger partial charge on any atom is 0.250 e. The Morgan fingerprint density at radius 1 is 1.20 bits per heavy atom. The smallest absolute Gasteiger partial charge is 0.250 e. The highest BCUT2D eigenvalue weighted by Crippen LogP contribution is 2.03. The molecule has 0 fully saturated rings. The van der Waals surface area contributed by atoms with Crippen LogP contribution in [0.1, 0.15) is 5.56 Å². The summed E-state index contributed by atoms with van der Waals surface area (Å²) in [6.07, 6.45) is 2.11. The van der Waals surface area contributed by atoms with E-state index in [0.29, 0.717) is 13.0 Å². The van der Waals surface area contributed by atoms with E-state index in [1.165, 1.54) is 22.8 Å². The van der Waals surface area contributed by atoms with Gasteiger partial charge in [0.25, 0.3) is 5.56 Å². The van der Waals surface area contributed by atoms with Crippen LogP contribution in [0.4, 0.5) is 4.39 Å². The van der Waals surface area contributed by atoms with Crippen molar-refractivity contribution in [2.75, 3.05) is 6.54 Å². The summed E-state index contributed by atoms with van der Waals surface area (Å²) in [4.78, 5) is 23.1. The van der Waals surface area contributed by atoms with Crippen LogP contribution in [0.2, 0.25) is 0 Å². The van der Waals surface area contributed by atoms with Crippen LogP contribution in [-0.2, 0) is 17.8 Å². The van der Waals surface area contributed by atoms with E-state index in [1.54, 1.807) is 30.5 Å². The molecule has 104 valence electrons. The minimum absolute atomic E-state index is 0.0111. The number of pyridine rings is 1. The number of carbonyl (C=O) groups excluding carboxylic acids is 1. The van der Waals surface area contributed by atoms with Crippen molar-refractivity contribution in [3.05, 3.63) is 70.4 Å². The molecule has 0 atom stereocenters. The van der Waals surface area contributed by atoms with Crippen molar-refractivity contribution < 1.29 is 9.18 Å². The summed E-state index contributed by atoms with van der Waals surface area (Å²) in [5.74, 6) is -0.528. The molecule has 0 radical (unpaired) electrons. The summed E-state index contributed by atoms with van der Waals surface area (Å²) in [5.41, 5.74) is 0.606. The van der Waals surface area contributed by atoms with Crippen LogP contribution >= 0.6 is 0 Å². The predicted molar refractivity (Wildman–Crippen MR) is 73.8 cm³/mol. The van der Waals surface area contributed by atoms with E-state index in [-0.39, 0.29) is 23.8 Å². The second-order valence-corrected chi connectivity index (χ2v) is 4.40. The van der Waals surface area contributed by atoms with Gasteiger partial charge in [-0.05, 0) is 30.2 Å². The molecular formula is C15H15FN2O2. The van der Waals surface area contributed by atoms with E-state index in [1.807, 2.05) is 0 Å². The van der Waals surface area contributed by atoms with Crippen molar-refractivity contribution in [2.45, 2.75) is 13.0 Å². The van der Waals surface area contributed by atoms with Gasteiger partial charge in [0.2, 0.25) is 5.91 Å². The Hall–Kier alpha value is -2.43. The second-order valence-electron chi connectivity index (χ2n) is 4.40. The monoisotopic (exact) mass is 274 g/mol. The molecule has 1 amide bonds. The lowest BCUT2D eigenvalue weighted by Gasteiger charge is -2.07. The van der Waals surface area contributed by atoms with Gasteiger partial charge in [-0.2, -0.15) is 0 Å². The Morgan fingerprint density at radius 3 is 2.80 bits per heavy atom. The van der Waals surface area contributed by atoms with Gasteiger partial charge in [-0.25, -0.2) is 4.39 Å². The molecule has 1 aromatic carbocycles. The minimum atomic E-state index is -0.287. The topological polar surface area (TPSA) is 51.1 Å². The third-order valence-electron chi connectivity index (χ3n) is 2.84. The van der Waals surface area contributed by atoms with Crippen molar-refractivity contribution in [2.24, 2.45) is 0 Å². The van der Waals surface area contributed by atoms with E-state index in [4.69, 9.17) is 0 Å². The van der Waals surface area contributed by atoms with Gasteiger partial charge >= 0.3 is 0 Å². The number of nitrogens with zero attached hydrogens (tertiary/aromatic N) is 1. The molecule has 0 bridgehead atoms. The lowest BCUT2D eigenvalue weighted by molar-refractivity contribution is -0.121. The third kappa shape index (κ3) is 4.05. The van der Waals surface area contributed by atoms with E-state index in [9.17, 15) is 14.0 Å². The van der Waals surface area contributed by atoms with Gasteiger partial charge in [-0.15, -0.1) is 0 Å². The molecule has 0 unspecified atom stereocenters. The second kappa shape index (κ2) is 6.65. The summed E-state index contributed by atoms with van der Waals surface area (Å²) in [6, 6.07) is 11.0. The maximum absolute atomic E-state index is 13.0. The average Bonchev–Trinajstić information content (AvgIpc) is 2.41. The largest absolute Gasteiger partial charge is 0.354 e. The quantitative estimate of drug-likeness (QED) is 0.894. The van der Waals surface area contributed by atoms with Crippen molar-refractivity contribution in [1.29, 1.82) is 0 Å². The summed E-state index contributed by atoms with van der Waals surface area (Å²) >= 11 is 0. The van der Waals surface area contributed by atoms with Crippen LogP contribution in [0.25, 0.3) is 0 Å². The van der Waals surface area contributed by atoms with E-state index >= 15 is 0 Å². The molecule has 2 aromatic rings. The van der Waals surface area contributed by atoms with Crippen LogP contribution in [0, 0.1) is 5.82 Å². The zero-order valence-electron chi connectivity index (χ0n) is 10.9. The van der Waals surface area contributed by atoms with Crippen LogP contribution in [0.3, 0.4) is 0 Å². The number of benzene rings is 1. The normalized spacial score (nSPS) is 10.2. The summed E-state index contributed by atoms with van der Waals surface area (Å²) in [6.45, 7) is 0.396. The maximum atomic E-state index is 13.0. The number of hydrogen-bond acceptors (Lipinski definition) is 2. The van der Waals surface area contributed by atoms with Gasteiger partial charge in [0.15, 0.2) is 0 Å². The van der Waals surface area contributed by atoms with Crippen molar-refractivity contribution in [1.82, 2.24) is 9.88 Å². The van der Waals surface area contributed by atoms with Crippen molar-refractivity contribution >= 4 is 5.91 Å². The molecular weight excluding hydrogens is 259 g/mol. The van der Waals surface area contributed by atoms with Crippen LogP contribution < -0.4 is 10.9 Å². The number of rotatable bonds is 5. The zero-order chi connectivity index (χ0) is 14.4. The van der Waals surface area contributed by atoms with Crippen LogP contribution in [0.15, 0.2) is 53.5 Å². The number of carbonyl (C=O) groups is 1. The number of amides is 1. The van der Waals surface area contributed by atoms with Crippen LogP contribution in [-0.4, -0.2) is 17.0 Å². The van der Waals surface area contributed by atoms with E-state index in [2.05, 4.69) is 5.32 Å². The van der Waals surface area contributed by atoms with Crippen molar-refractivity contribution in [3.8, 4) is 0 Å². The average molecular weight is 274 g/mol. The fourth-order valence-electron chi connectivity index (χ4n) is 1.84. The van der Waals surface area contributed by atoms with Crippen LogP contribution in [0.5, 0.6) is 0 Å². The first kappa shape index (κ1) is 14.0. The van der Waals surface area contributed by atoms with E-state index < -0.39 is 0 Å². The highest BCUT2D eigenvalue weighted by atomic mass is 19.1. The Balaban J connectivity index is 1.81. The standard InChI is InChI=1S/C15H15FN2O2/c16-13-5-3-4-12(10-13)7-8-17-14(19)11-18-9-2-1-6-15(18)20/h1-6,9-10H,7-8,11H2,(H,17,19). The molecule has 20 heavy (non-hydrogen) atoms. The molecule has 5 heteroatoms. The fraction of sp³-hybridized carbons (Fsp3) is 0.200. The molecule has 0 saturated carbocycles. The van der Waals surface area contributed by atoms with Crippen molar-refractivity contribution in [3.63, 3.8) is 0 Å². The highest BCUT2D eigenvalue weighted by Gasteiger charge is 2.03. The first-order valence-electron chi connectivity index (χ1n) is 6.32. The third-order valence-corrected chi connectivity index (χ3v) is 2.84. The molecule has 0 aliphatic carbocycles. The number of nitrogens with one attached hydrogen (secondary N) is 1. The summed E-state index contributed by atoms with van der Waals surface area (Å²) in [5, 5.41) is 2.71. The molecule has 0 aliphatic rings. The molecule has 2 rings (SSSR count). The lowest BCUT2D eigenvalue weighted by Crippen LogP contribution is -2.32. The Morgan fingerprint density at radius 2 is 2.05 bits per heavy atom. The number of halogens is 1. The minimum Gasteiger partial charge on any atom is -0.354 e. The highest BCUT2D eigenvalue weighted by molar-refractivity contribution is 5.75. The predicted octanol–water partition coefficient (Wildman–Crippen LogP) is 1.35. The molecule has 0 aliphatic heterocycles. The first-order valence-corrected chi connectivity index (χ1v) is 6.32. The first-order chi connectivity index (χ1) is 9.65. The molecule has 0 spiro atoms. The van der Waals surface area contributed by atoms with Gasteiger partial charge in [0, 0.05) is 18.8 Å². The van der Waals surface area contributed by atoms with Gasteiger partial charge < -0.3 is 9.88 Å². The number of aromatic nitrogens is 1. The fourth-order valence-corrected chi connectivity index (χ4v) is 1.84. The Bertz CT molecular complexity index is 652. The lowest BCUT2D eigenvalue weighted by atomic mass is 10.1. The molecule has 1 N–H and O–H groups in total. The summed E-state index contributed by atoms with van der Waals surface area (Å²) < 4.78 is 14.3. The molecule has 1 heterocycles. The summed E-state index contributed by atoms with van der Waals surface area (Å²) in [7, 11) is 0. The van der Waals surface area contributed by atoms with Gasteiger partial charge in [0.05, 0.1) is 0 Å². The van der Waals surface area contributed by atoms with Gasteiger partial charge in [0.1, 0.15) is 12.4 Å². The zero-order valence-corrected chi connectivity index (χ0v) is 10.9. The Labute approximate surface area is 115 Å². The van der Waals surface area contributed by atoms with Gasteiger partial charge in [-0.1, -0.05) is 18.2 Å². The van der Waals surface area contributed by atoms with Gasteiger partial charge in [-0.3, -0.25) is 9.59 Å². The number of hydrogen-bond donors (Lipinski definition) is 1. The molecule has 0 saturated heterocycles.